The van der Waals surface area contributed by atoms with Crippen molar-refractivity contribution in [3.05, 3.63) is 40.9 Å². The summed E-state index contributed by atoms with van der Waals surface area (Å²) in [5, 5.41) is 12.4. The lowest BCUT2D eigenvalue weighted by Gasteiger charge is -2.16. The quantitative estimate of drug-likeness (QED) is 0.902. The minimum absolute atomic E-state index is 0.225. The van der Waals surface area contributed by atoms with Crippen LogP contribution in [0, 0.1) is 5.82 Å². The molecule has 3 rings (SSSR count). The molecule has 2 aromatic rings. The number of halogens is 1. The molecule has 0 bridgehead atoms. The van der Waals surface area contributed by atoms with E-state index in [9.17, 15) is 9.18 Å². The van der Waals surface area contributed by atoms with E-state index in [4.69, 9.17) is 5.11 Å². The molecule has 98 valence electrons. The number of aryl methyl sites for hydroxylation is 2. The van der Waals surface area contributed by atoms with Crippen molar-refractivity contribution in [2.75, 3.05) is 0 Å². The highest BCUT2D eigenvalue weighted by Gasteiger charge is 2.18. The molecule has 0 saturated heterocycles. The zero-order valence-corrected chi connectivity index (χ0v) is 10.1. The molecule has 1 aliphatic carbocycles. The first-order chi connectivity index (χ1) is 9.15. The highest BCUT2D eigenvalue weighted by atomic mass is 19.1. The Kier molecular flexibility index (Phi) is 2.81. The van der Waals surface area contributed by atoms with Gasteiger partial charge in [0.15, 0.2) is 0 Å². The predicted octanol–water partition coefficient (Wildman–Crippen LogP) is 3.06. The molecule has 0 atom stereocenters. The number of aromatic nitrogens is 1. The van der Waals surface area contributed by atoms with Gasteiger partial charge in [-0.2, -0.15) is 0 Å². The lowest BCUT2D eigenvalue weighted by molar-refractivity contribution is 0.0652. The molecule has 1 N–H and O–H groups in total. The number of hydrogen-bond acceptors (Lipinski definition) is 3. The van der Waals surface area contributed by atoms with Crippen molar-refractivity contribution in [2.45, 2.75) is 25.7 Å². The van der Waals surface area contributed by atoms with Crippen molar-refractivity contribution in [2.24, 2.45) is 0 Å². The number of rotatable bonds is 2. The SMILES string of the molecule is O=C(O)c1cc(-c2cc3c(cc2F)CCCC3)no1. The minimum Gasteiger partial charge on any atom is -0.475 e. The largest absolute Gasteiger partial charge is 0.475 e. The Bertz CT molecular complexity index is 648. The van der Waals surface area contributed by atoms with Crippen LogP contribution in [0.3, 0.4) is 0 Å². The second-order valence-electron chi connectivity index (χ2n) is 4.69. The van der Waals surface area contributed by atoms with Crippen molar-refractivity contribution >= 4 is 5.97 Å². The number of aromatic carboxylic acids is 1. The zero-order chi connectivity index (χ0) is 13.4. The normalized spacial score (nSPS) is 14.2. The molecular weight excluding hydrogens is 249 g/mol. The molecule has 0 fully saturated rings. The first kappa shape index (κ1) is 11.9. The average Bonchev–Trinajstić information content (AvgIpc) is 2.87. The smallest absolute Gasteiger partial charge is 0.374 e. The van der Waals surface area contributed by atoms with Crippen LogP contribution in [0.4, 0.5) is 4.39 Å². The molecule has 4 nitrogen and oxygen atoms in total. The Morgan fingerprint density at radius 2 is 1.89 bits per heavy atom. The number of benzene rings is 1. The fourth-order valence-electron chi connectivity index (χ4n) is 2.45. The number of carboxylic acids is 1. The monoisotopic (exact) mass is 261 g/mol. The van der Waals surface area contributed by atoms with Crippen LogP contribution in [0.5, 0.6) is 0 Å². The van der Waals surface area contributed by atoms with Gasteiger partial charge in [0.05, 0.1) is 0 Å². The van der Waals surface area contributed by atoms with Gasteiger partial charge in [-0.05, 0) is 48.9 Å². The molecule has 1 aromatic carbocycles. The fourth-order valence-corrected chi connectivity index (χ4v) is 2.45. The average molecular weight is 261 g/mol. The van der Waals surface area contributed by atoms with Gasteiger partial charge >= 0.3 is 5.97 Å². The van der Waals surface area contributed by atoms with E-state index in [0.717, 1.165) is 36.8 Å². The number of hydrogen-bond donors (Lipinski definition) is 1. The van der Waals surface area contributed by atoms with E-state index in [1.54, 1.807) is 6.07 Å². The second kappa shape index (κ2) is 4.50. The predicted molar refractivity (Wildman–Crippen MR) is 65.5 cm³/mol. The van der Waals surface area contributed by atoms with E-state index in [1.807, 2.05) is 0 Å². The maximum absolute atomic E-state index is 14.0. The molecular formula is C14H12FNO3. The van der Waals surface area contributed by atoms with E-state index in [1.165, 1.54) is 12.1 Å². The van der Waals surface area contributed by atoms with Crippen LogP contribution in [-0.2, 0) is 12.8 Å². The summed E-state index contributed by atoms with van der Waals surface area (Å²) in [5.41, 5.74) is 2.68. The maximum atomic E-state index is 14.0. The molecule has 1 aromatic heterocycles. The third-order valence-corrected chi connectivity index (χ3v) is 3.43. The molecule has 1 aliphatic rings. The van der Waals surface area contributed by atoms with Crippen molar-refractivity contribution in [1.82, 2.24) is 5.16 Å². The second-order valence-corrected chi connectivity index (χ2v) is 4.69. The first-order valence-corrected chi connectivity index (χ1v) is 6.17. The van der Waals surface area contributed by atoms with Crippen molar-refractivity contribution < 1.29 is 18.8 Å². The highest BCUT2D eigenvalue weighted by molar-refractivity contribution is 5.85. The van der Waals surface area contributed by atoms with Gasteiger partial charge in [-0.1, -0.05) is 5.16 Å². The van der Waals surface area contributed by atoms with Crippen LogP contribution < -0.4 is 0 Å². The molecule has 0 unspecified atom stereocenters. The van der Waals surface area contributed by atoms with Crippen LogP contribution in [-0.4, -0.2) is 16.2 Å². The molecule has 0 radical (unpaired) electrons. The summed E-state index contributed by atoms with van der Waals surface area (Å²) in [6.45, 7) is 0. The number of nitrogens with zero attached hydrogens (tertiary/aromatic N) is 1. The number of carboxylic acid groups (broad SMARTS) is 1. The van der Waals surface area contributed by atoms with Crippen molar-refractivity contribution in [1.29, 1.82) is 0 Å². The van der Waals surface area contributed by atoms with Gasteiger partial charge in [-0.3, -0.25) is 0 Å². The van der Waals surface area contributed by atoms with Crippen molar-refractivity contribution in [3.63, 3.8) is 0 Å². The molecule has 19 heavy (non-hydrogen) atoms. The van der Waals surface area contributed by atoms with Gasteiger partial charge in [0.25, 0.3) is 0 Å². The lowest BCUT2D eigenvalue weighted by Crippen LogP contribution is -2.04. The molecule has 0 aliphatic heterocycles. The molecule has 1 heterocycles. The summed E-state index contributed by atoms with van der Waals surface area (Å²) in [4.78, 5) is 10.7. The summed E-state index contributed by atoms with van der Waals surface area (Å²) >= 11 is 0. The zero-order valence-electron chi connectivity index (χ0n) is 10.1. The van der Waals surface area contributed by atoms with E-state index >= 15 is 0 Å². The summed E-state index contributed by atoms with van der Waals surface area (Å²) in [6.07, 6.45) is 3.99. The Morgan fingerprint density at radius 1 is 1.21 bits per heavy atom. The third-order valence-electron chi connectivity index (χ3n) is 3.43. The van der Waals surface area contributed by atoms with Crippen molar-refractivity contribution in [3.8, 4) is 11.3 Å². The van der Waals surface area contributed by atoms with Gasteiger partial charge in [0.2, 0.25) is 5.76 Å². The van der Waals surface area contributed by atoms with Gasteiger partial charge in [0.1, 0.15) is 11.5 Å². The topological polar surface area (TPSA) is 63.3 Å². The Labute approximate surface area is 108 Å². The minimum atomic E-state index is -1.21. The lowest BCUT2D eigenvalue weighted by atomic mass is 9.89. The van der Waals surface area contributed by atoms with Crippen LogP contribution in [0.15, 0.2) is 22.7 Å². The summed E-state index contributed by atoms with van der Waals surface area (Å²) < 4.78 is 18.7. The van der Waals surface area contributed by atoms with E-state index in [0.29, 0.717) is 5.56 Å². The maximum Gasteiger partial charge on any atom is 0.374 e. The van der Waals surface area contributed by atoms with E-state index in [-0.39, 0.29) is 17.3 Å². The van der Waals surface area contributed by atoms with Crippen LogP contribution in [0.25, 0.3) is 11.3 Å². The third kappa shape index (κ3) is 2.12. The Hall–Kier alpha value is -2.17. The molecule has 0 saturated carbocycles. The number of fused-ring (bicyclic) bond motifs is 1. The standard InChI is InChI=1S/C14H12FNO3/c15-11-6-9-4-2-1-3-8(9)5-10(11)12-7-13(14(17)18)19-16-12/h5-7H,1-4H2,(H,17,18). The fraction of sp³-hybridized carbons (Fsp3) is 0.286. The first-order valence-electron chi connectivity index (χ1n) is 6.17. The summed E-state index contributed by atoms with van der Waals surface area (Å²) in [6, 6.07) is 4.53. The van der Waals surface area contributed by atoms with Gasteiger partial charge in [0, 0.05) is 11.6 Å². The molecule has 0 amide bonds. The van der Waals surface area contributed by atoms with E-state index in [2.05, 4.69) is 9.68 Å². The van der Waals surface area contributed by atoms with Gasteiger partial charge in [-0.25, -0.2) is 9.18 Å². The molecule has 5 heteroatoms. The Morgan fingerprint density at radius 3 is 2.53 bits per heavy atom. The van der Waals surface area contributed by atoms with Gasteiger partial charge in [-0.15, -0.1) is 0 Å². The van der Waals surface area contributed by atoms with E-state index < -0.39 is 5.97 Å². The van der Waals surface area contributed by atoms with Crippen LogP contribution in [0.1, 0.15) is 34.5 Å². The summed E-state index contributed by atoms with van der Waals surface area (Å²) in [7, 11) is 0. The van der Waals surface area contributed by atoms with Crippen LogP contribution in [0.2, 0.25) is 0 Å². The highest BCUT2D eigenvalue weighted by Crippen LogP contribution is 2.29. The molecule has 0 spiro atoms. The Balaban J connectivity index is 2.06. The van der Waals surface area contributed by atoms with Gasteiger partial charge < -0.3 is 9.63 Å². The van der Waals surface area contributed by atoms with Crippen LogP contribution >= 0.6 is 0 Å². The summed E-state index contributed by atoms with van der Waals surface area (Å²) in [5.74, 6) is -1.88. The number of carbonyl (C=O) groups is 1.